The van der Waals surface area contributed by atoms with E-state index in [4.69, 9.17) is 4.74 Å². The second kappa shape index (κ2) is 9.52. The Labute approximate surface area is 148 Å². The smallest absolute Gasteiger partial charge is 0.338 e. The Morgan fingerprint density at radius 1 is 0.920 bits per heavy atom. The summed E-state index contributed by atoms with van der Waals surface area (Å²) in [7, 11) is 0. The number of nitrogens with zero attached hydrogens (tertiary/aromatic N) is 1. The maximum Gasteiger partial charge on any atom is 0.338 e. The van der Waals surface area contributed by atoms with Gasteiger partial charge in [-0.25, -0.2) is 4.79 Å². The maximum absolute atomic E-state index is 12.4. The lowest BCUT2D eigenvalue weighted by molar-refractivity contribution is -0.147. The SMILES string of the molecule is CCCC(=O)C(N=C(c1ccccc1)c1ccccc1)C(=O)OCC. The first kappa shape index (κ1) is 18.6. The Kier molecular flexibility index (Phi) is 7.08. The molecule has 0 spiro atoms. The van der Waals surface area contributed by atoms with E-state index >= 15 is 0 Å². The van der Waals surface area contributed by atoms with Gasteiger partial charge in [-0.2, -0.15) is 0 Å². The summed E-state index contributed by atoms with van der Waals surface area (Å²) in [5.41, 5.74) is 2.32. The highest BCUT2D eigenvalue weighted by atomic mass is 16.5. The van der Waals surface area contributed by atoms with Crippen LogP contribution in [0.1, 0.15) is 37.8 Å². The van der Waals surface area contributed by atoms with Crippen molar-refractivity contribution in [1.82, 2.24) is 0 Å². The lowest BCUT2D eigenvalue weighted by atomic mass is 10.0. The van der Waals surface area contributed by atoms with E-state index in [-0.39, 0.29) is 12.4 Å². The average molecular weight is 337 g/mol. The molecule has 1 unspecified atom stereocenters. The molecule has 2 aromatic rings. The lowest BCUT2D eigenvalue weighted by Gasteiger charge is -2.14. The number of rotatable bonds is 8. The molecule has 0 aromatic heterocycles. The number of Topliss-reactive ketones (excluding diaryl/α,β-unsaturated/α-hetero) is 1. The number of carbonyl (C=O) groups excluding carboxylic acids is 2. The third-order valence-corrected chi connectivity index (χ3v) is 3.66. The van der Waals surface area contributed by atoms with Crippen LogP contribution in [0.2, 0.25) is 0 Å². The van der Waals surface area contributed by atoms with Crippen LogP contribution in [-0.2, 0) is 14.3 Å². The molecule has 0 N–H and O–H groups in total. The summed E-state index contributed by atoms with van der Waals surface area (Å²) in [4.78, 5) is 29.3. The zero-order valence-electron chi connectivity index (χ0n) is 14.6. The predicted molar refractivity (Wildman–Crippen MR) is 98.9 cm³/mol. The van der Waals surface area contributed by atoms with Gasteiger partial charge in [0.1, 0.15) is 0 Å². The van der Waals surface area contributed by atoms with E-state index in [1.54, 1.807) is 6.92 Å². The molecule has 0 fully saturated rings. The molecule has 0 aliphatic carbocycles. The highest BCUT2D eigenvalue weighted by Gasteiger charge is 2.27. The van der Waals surface area contributed by atoms with Gasteiger partial charge in [0.15, 0.2) is 5.78 Å². The van der Waals surface area contributed by atoms with E-state index < -0.39 is 12.0 Å². The van der Waals surface area contributed by atoms with Gasteiger partial charge >= 0.3 is 5.97 Å². The molecular formula is C21H23NO3. The largest absolute Gasteiger partial charge is 0.464 e. The summed E-state index contributed by atoms with van der Waals surface area (Å²) in [6.45, 7) is 3.84. The average Bonchev–Trinajstić information content (AvgIpc) is 2.64. The molecule has 0 heterocycles. The Hall–Kier alpha value is -2.75. The fourth-order valence-corrected chi connectivity index (χ4v) is 2.50. The second-order valence-electron chi connectivity index (χ2n) is 5.58. The van der Waals surface area contributed by atoms with Crippen LogP contribution < -0.4 is 0 Å². The van der Waals surface area contributed by atoms with Gasteiger partial charge in [-0.1, -0.05) is 67.6 Å². The molecule has 0 saturated carbocycles. The van der Waals surface area contributed by atoms with Crippen molar-refractivity contribution in [3.8, 4) is 0 Å². The summed E-state index contributed by atoms with van der Waals surface area (Å²) in [6.07, 6.45) is 0.958. The van der Waals surface area contributed by atoms with Crippen LogP contribution in [0.15, 0.2) is 65.7 Å². The van der Waals surface area contributed by atoms with Crippen molar-refractivity contribution in [2.75, 3.05) is 6.61 Å². The van der Waals surface area contributed by atoms with Gasteiger partial charge in [0, 0.05) is 17.5 Å². The number of hydrogen-bond donors (Lipinski definition) is 0. The minimum atomic E-state index is -1.13. The van der Waals surface area contributed by atoms with Crippen molar-refractivity contribution >= 4 is 17.5 Å². The molecule has 4 nitrogen and oxygen atoms in total. The summed E-state index contributed by atoms with van der Waals surface area (Å²) < 4.78 is 5.08. The molecule has 2 aromatic carbocycles. The lowest BCUT2D eigenvalue weighted by Crippen LogP contribution is -2.31. The van der Waals surface area contributed by atoms with Gasteiger partial charge in [0.25, 0.3) is 0 Å². The first-order chi connectivity index (χ1) is 12.2. The van der Waals surface area contributed by atoms with Gasteiger partial charge in [0.2, 0.25) is 6.04 Å². The molecule has 25 heavy (non-hydrogen) atoms. The molecule has 0 radical (unpaired) electrons. The Morgan fingerprint density at radius 3 is 1.88 bits per heavy atom. The standard InChI is InChI=1S/C21H23NO3/c1-3-11-18(23)20(21(24)25-4-2)22-19(16-12-7-5-8-13-16)17-14-9-6-10-15-17/h5-10,12-15,20H,3-4,11H2,1-2H3. The van der Waals surface area contributed by atoms with E-state index in [1.165, 1.54) is 0 Å². The summed E-state index contributed by atoms with van der Waals surface area (Å²) in [5, 5.41) is 0. The van der Waals surface area contributed by atoms with Crippen molar-refractivity contribution in [3.05, 3.63) is 71.8 Å². The van der Waals surface area contributed by atoms with E-state index in [1.807, 2.05) is 67.6 Å². The fraction of sp³-hybridized carbons (Fsp3) is 0.286. The monoisotopic (exact) mass is 337 g/mol. The third-order valence-electron chi connectivity index (χ3n) is 3.66. The summed E-state index contributed by atoms with van der Waals surface area (Å²) in [5.74, 6) is -0.810. The molecule has 2 rings (SSSR count). The number of hydrogen-bond acceptors (Lipinski definition) is 4. The van der Waals surface area contributed by atoms with Crippen LogP contribution in [0.25, 0.3) is 0 Å². The normalized spacial score (nSPS) is 11.4. The highest BCUT2D eigenvalue weighted by molar-refractivity contribution is 6.15. The molecule has 0 aliphatic rings. The molecule has 0 aliphatic heterocycles. The maximum atomic E-state index is 12.4. The van der Waals surface area contributed by atoms with Gasteiger partial charge < -0.3 is 4.74 Å². The van der Waals surface area contributed by atoms with Crippen LogP contribution in [0.4, 0.5) is 0 Å². The minimum absolute atomic E-state index is 0.217. The zero-order chi connectivity index (χ0) is 18.1. The number of ether oxygens (including phenoxy) is 1. The number of esters is 1. The van der Waals surface area contributed by atoms with E-state index in [0.29, 0.717) is 18.6 Å². The molecular weight excluding hydrogens is 314 g/mol. The number of aliphatic imine (C=N–C) groups is 1. The Bertz CT molecular complexity index is 664. The van der Waals surface area contributed by atoms with Gasteiger partial charge in [0.05, 0.1) is 12.3 Å². The molecule has 130 valence electrons. The third kappa shape index (κ3) is 5.11. The summed E-state index contributed by atoms with van der Waals surface area (Å²) in [6, 6.07) is 18.0. The van der Waals surface area contributed by atoms with Crippen molar-refractivity contribution in [1.29, 1.82) is 0 Å². The summed E-state index contributed by atoms with van der Waals surface area (Å²) >= 11 is 0. The van der Waals surface area contributed by atoms with E-state index in [0.717, 1.165) is 11.1 Å². The van der Waals surface area contributed by atoms with Crippen LogP contribution >= 0.6 is 0 Å². The van der Waals surface area contributed by atoms with Crippen LogP contribution in [-0.4, -0.2) is 30.1 Å². The van der Waals surface area contributed by atoms with Crippen molar-refractivity contribution < 1.29 is 14.3 Å². The van der Waals surface area contributed by atoms with Crippen LogP contribution in [0, 0.1) is 0 Å². The molecule has 0 saturated heterocycles. The molecule has 4 heteroatoms. The number of benzene rings is 2. The first-order valence-electron chi connectivity index (χ1n) is 8.55. The quantitative estimate of drug-likeness (QED) is 0.418. The highest BCUT2D eigenvalue weighted by Crippen LogP contribution is 2.14. The first-order valence-corrected chi connectivity index (χ1v) is 8.55. The molecule has 0 bridgehead atoms. The Balaban J connectivity index is 2.52. The fourth-order valence-electron chi connectivity index (χ4n) is 2.50. The van der Waals surface area contributed by atoms with Crippen molar-refractivity contribution in [3.63, 3.8) is 0 Å². The van der Waals surface area contributed by atoms with E-state index in [2.05, 4.69) is 4.99 Å². The van der Waals surface area contributed by atoms with Crippen molar-refractivity contribution in [2.24, 2.45) is 4.99 Å². The van der Waals surface area contributed by atoms with Gasteiger partial charge in [-0.15, -0.1) is 0 Å². The Morgan fingerprint density at radius 2 is 1.44 bits per heavy atom. The van der Waals surface area contributed by atoms with Gasteiger partial charge in [-0.3, -0.25) is 9.79 Å². The second-order valence-corrected chi connectivity index (χ2v) is 5.58. The number of ketones is 1. The molecule has 0 amide bonds. The van der Waals surface area contributed by atoms with Crippen LogP contribution in [0.3, 0.4) is 0 Å². The van der Waals surface area contributed by atoms with E-state index in [9.17, 15) is 9.59 Å². The minimum Gasteiger partial charge on any atom is -0.464 e. The van der Waals surface area contributed by atoms with Crippen LogP contribution in [0.5, 0.6) is 0 Å². The van der Waals surface area contributed by atoms with Gasteiger partial charge in [-0.05, 0) is 13.3 Å². The molecule has 1 atom stereocenters. The zero-order valence-corrected chi connectivity index (χ0v) is 14.6. The predicted octanol–water partition coefficient (Wildman–Crippen LogP) is 3.82. The van der Waals surface area contributed by atoms with Crippen molar-refractivity contribution in [2.45, 2.75) is 32.7 Å². The topological polar surface area (TPSA) is 55.7 Å². The number of carbonyl (C=O) groups is 2.